The molecule has 0 saturated carbocycles. The van der Waals surface area contributed by atoms with E-state index in [0.29, 0.717) is 17.2 Å². The molecule has 2 amide bonds. The van der Waals surface area contributed by atoms with Crippen LogP contribution in [0, 0.1) is 0 Å². The summed E-state index contributed by atoms with van der Waals surface area (Å²) in [6.07, 6.45) is -0.0157. The summed E-state index contributed by atoms with van der Waals surface area (Å²) < 4.78 is 0. The van der Waals surface area contributed by atoms with Crippen LogP contribution in [0.5, 0.6) is 0 Å². The van der Waals surface area contributed by atoms with Crippen molar-refractivity contribution in [1.29, 1.82) is 0 Å². The fourth-order valence-corrected chi connectivity index (χ4v) is 3.70. The molecule has 6 nitrogen and oxygen atoms in total. The van der Waals surface area contributed by atoms with Gasteiger partial charge in [0.25, 0.3) is 0 Å². The van der Waals surface area contributed by atoms with E-state index in [9.17, 15) is 19.5 Å². The molecule has 0 bridgehead atoms. The summed E-state index contributed by atoms with van der Waals surface area (Å²) in [5.41, 5.74) is 0.593. The number of likely N-dealkylation sites (N-methyl/N-ethyl adjacent to an activating group) is 1. The summed E-state index contributed by atoms with van der Waals surface area (Å²) in [6, 6.07) is 6.05. The third kappa shape index (κ3) is 3.90. The number of carbonyl (C=O) groups excluding carboxylic acids is 2. The van der Waals surface area contributed by atoms with Crippen LogP contribution in [0.15, 0.2) is 24.3 Å². The molecule has 1 aromatic rings. The van der Waals surface area contributed by atoms with E-state index in [1.807, 2.05) is 13.8 Å². The normalized spacial score (nSPS) is 17.2. The molecule has 1 fully saturated rings. The Morgan fingerprint density at radius 1 is 1.33 bits per heavy atom. The van der Waals surface area contributed by atoms with Gasteiger partial charge in [-0.15, -0.1) is 11.8 Å². The Kier molecular flexibility index (Phi) is 5.88. The maximum Gasteiger partial charge on any atom is 0.335 e. The lowest BCUT2D eigenvalue weighted by Gasteiger charge is -2.29. The highest BCUT2D eigenvalue weighted by Gasteiger charge is 2.36. The van der Waals surface area contributed by atoms with Gasteiger partial charge in [0.15, 0.2) is 0 Å². The molecule has 0 aromatic heterocycles. The topological polar surface area (TPSA) is 77.9 Å². The van der Waals surface area contributed by atoms with Crippen LogP contribution in [0.1, 0.15) is 29.8 Å². The minimum atomic E-state index is -1.05. The van der Waals surface area contributed by atoms with Crippen LogP contribution >= 0.6 is 11.8 Å². The quantitative estimate of drug-likeness (QED) is 0.874. The molecule has 24 heavy (non-hydrogen) atoms. The first-order valence-electron chi connectivity index (χ1n) is 7.78. The van der Waals surface area contributed by atoms with E-state index in [4.69, 9.17) is 0 Å². The molecular formula is C17H22N2O4S. The number of carbonyl (C=O) groups is 3. The van der Waals surface area contributed by atoms with Crippen molar-refractivity contribution in [2.75, 3.05) is 18.7 Å². The molecule has 7 heteroatoms. The highest BCUT2D eigenvalue weighted by molar-refractivity contribution is 7.99. The summed E-state index contributed by atoms with van der Waals surface area (Å²) in [5.74, 6) is -0.320. The molecule has 1 aliphatic rings. The Labute approximate surface area is 145 Å². The minimum absolute atomic E-state index is 0.0157. The Morgan fingerprint density at radius 2 is 2.00 bits per heavy atom. The summed E-state index contributed by atoms with van der Waals surface area (Å²) in [5, 5.41) is 9.23. The van der Waals surface area contributed by atoms with Crippen molar-refractivity contribution < 1.29 is 19.5 Å². The average molecular weight is 350 g/mol. The van der Waals surface area contributed by atoms with E-state index in [1.165, 1.54) is 17.8 Å². The molecule has 130 valence electrons. The lowest BCUT2D eigenvalue weighted by molar-refractivity contribution is -0.143. The summed E-state index contributed by atoms with van der Waals surface area (Å²) in [4.78, 5) is 39.7. The molecule has 1 atom stereocenters. The van der Waals surface area contributed by atoms with Gasteiger partial charge < -0.3 is 14.9 Å². The van der Waals surface area contributed by atoms with Crippen molar-refractivity contribution in [3.63, 3.8) is 0 Å². The summed E-state index contributed by atoms with van der Waals surface area (Å²) in [7, 11) is 1.73. The fraction of sp³-hybridized carbons (Fsp3) is 0.471. The van der Waals surface area contributed by atoms with Crippen LogP contribution < -0.4 is 0 Å². The van der Waals surface area contributed by atoms with E-state index in [1.54, 1.807) is 35.0 Å². The monoisotopic (exact) mass is 350 g/mol. The van der Waals surface area contributed by atoms with Crippen LogP contribution in [0.2, 0.25) is 0 Å². The van der Waals surface area contributed by atoms with Gasteiger partial charge in [-0.2, -0.15) is 0 Å². The van der Waals surface area contributed by atoms with Gasteiger partial charge in [-0.25, -0.2) is 4.79 Å². The van der Waals surface area contributed by atoms with Crippen LogP contribution in [0.4, 0.5) is 0 Å². The standard InChI is InChI=1S/C17H22N2O4S/c1-11(2)18(3)16(21)14-9-24-10-19(14)15(20)8-12-6-4-5-7-13(12)17(22)23/h4-7,11,14H,8-10H2,1-3H3,(H,22,23). The number of hydrogen-bond donors (Lipinski definition) is 1. The first-order chi connectivity index (χ1) is 11.3. The summed E-state index contributed by atoms with van der Waals surface area (Å²) in [6.45, 7) is 3.85. The first-order valence-corrected chi connectivity index (χ1v) is 8.93. The zero-order valence-corrected chi connectivity index (χ0v) is 14.9. The van der Waals surface area contributed by atoms with Gasteiger partial charge in [0.1, 0.15) is 6.04 Å². The Balaban J connectivity index is 2.15. The lowest BCUT2D eigenvalue weighted by atomic mass is 10.0. The number of nitrogens with zero attached hydrogens (tertiary/aromatic N) is 2. The van der Waals surface area contributed by atoms with E-state index < -0.39 is 12.0 Å². The third-order valence-corrected chi connectivity index (χ3v) is 5.21. The molecule has 1 unspecified atom stereocenters. The van der Waals surface area contributed by atoms with Crippen LogP contribution in [-0.2, 0) is 16.0 Å². The van der Waals surface area contributed by atoms with Gasteiger partial charge in [-0.3, -0.25) is 9.59 Å². The van der Waals surface area contributed by atoms with Gasteiger partial charge in [-0.05, 0) is 25.5 Å². The molecule has 1 heterocycles. The zero-order chi connectivity index (χ0) is 17.9. The number of aromatic carboxylic acids is 1. The van der Waals surface area contributed by atoms with E-state index >= 15 is 0 Å². The SMILES string of the molecule is CC(C)N(C)C(=O)C1CSCN1C(=O)Cc1ccccc1C(=O)O. The molecule has 2 rings (SSSR count). The second-order valence-electron chi connectivity index (χ2n) is 6.06. The number of carboxylic acid groups (broad SMARTS) is 1. The molecule has 1 N–H and O–H groups in total. The largest absolute Gasteiger partial charge is 0.478 e. The Morgan fingerprint density at radius 3 is 2.62 bits per heavy atom. The number of thioether (sulfide) groups is 1. The van der Waals surface area contributed by atoms with Crippen molar-refractivity contribution in [1.82, 2.24) is 9.80 Å². The predicted octanol–water partition coefficient (Wildman–Crippen LogP) is 1.70. The smallest absolute Gasteiger partial charge is 0.335 e. The van der Waals surface area contributed by atoms with Crippen molar-refractivity contribution in [3.8, 4) is 0 Å². The zero-order valence-electron chi connectivity index (χ0n) is 14.1. The van der Waals surface area contributed by atoms with Gasteiger partial charge in [0, 0.05) is 18.8 Å². The maximum absolute atomic E-state index is 12.6. The van der Waals surface area contributed by atoms with Gasteiger partial charge >= 0.3 is 5.97 Å². The lowest BCUT2D eigenvalue weighted by Crippen LogP contribution is -2.50. The molecule has 0 aliphatic carbocycles. The van der Waals surface area contributed by atoms with E-state index in [2.05, 4.69) is 0 Å². The molecular weight excluding hydrogens is 328 g/mol. The average Bonchev–Trinajstić information content (AvgIpc) is 3.03. The second-order valence-corrected chi connectivity index (χ2v) is 7.06. The van der Waals surface area contributed by atoms with E-state index in [-0.39, 0.29) is 29.8 Å². The number of amides is 2. The first kappa shape index (κ1) is 18.3. The highest BCUT2D eigenvalue weighted by Crippen LogP contribution is 2.24. The highest BCUT2D eigenvalue weighted by atomic mass is 32.2. The van der Waals surface area contributed by atoms with Gasteiger partial charge in [-0.1, -0.05) is 18.2 Å². The van der Waals surface area contributed by atoms with Crippen molar-refractivity contribution in [3.05, 3.63) is 35.4 Å². The van der Waals surface area contributed by atoms with Crippen molar-refractivity contribution in [2.24, 2.45) is 0 Å². The third-order valence-electron chi connectivity index (χ3n) is 4.20. The van der Waals surface area contributed by atoms with Crippen molar-refractivity contribution in [2.45, 2.75) is 32.4 Å². The molecule has 0 spiro atoms. The number of hydrogen-bond acceptors (Lipinski definition) is 4. The molecule has 1 aromatic carbocycles. The molecule has 1 aliphatic heterocycles. The summed E-state index contributed by atoms with van der Waals surface area (Å²) >= 11 is 1.54. The minimum Gasteiger partial charge on any atom is -0.478 e. The van der Waals surface area contributed by atoms with Crippen LogP contribution in [0.3, 0.4) is 0 Å². The number of carboxylic acids is 1. The Bertz CT molecular complexity index is 647. The van der Waals surface area contributed by atoms with Crippen molar-refractivity contribution >= 4 is 29.5 Å². The predicted molar refractivity (Wildman–Crippen MR) is 93.0 cm³/mol. The molecule has 1 saturated heterocycles. The Hall–Kier alpha value is -2.02. The van der Waals surface area contributed by atoms with Gasteiger partial charge in [0.05, 0.1) is 17.9 Å². The van der Waals surface area contributed by atoms with Gasteiger partial charge in [0.2, 0.25) is 11.8 Å². The molecule has 0 radical (unpaired) electrons. The second kappa shape index (κ2) is 7.70. The fourth-order valence-electron chi connectivity index (χ4n) is 2.53. The number of benzene rings is 1. The maximum atomic E-state index is 12.6. The van der Waals surface area contributed by atoms with E-state index in [0.717, 1.165) is 0 Å². The van der Waals surface area contributed by atoms with Crippen LogP contribution in [-0.4, -0.2) is 63.5 Å². The number of rotatable bonds is 5. The van der Waals surface area contributed by atoms with Crippen LogP contribution in [0.25, 0.3) is 0 Å².